The normalized spacial score (nSPS) is 17.5. The monoisotopic (exact) mass is 488 g/mol. The number of carbonyl (C=O) groups is 2. The van der Waals surface area contributed by atoms with Gasteiger partial charge in [-0.3, -0.25) is 14.6 Å². The maximum Gasteiger partial charge on any atom is 0.296 e. The summed E-state index contributed by atoms with van der Waals surface area (Å²) in [4.78, 5) is 31.5. The van der Waals surface area contributed by atoms with Gasteiger partial charge >= 0.3 is 0 Å². The number of nitrogens with zero attached hydrogens (tertiary/aromatic N) is 2. The molecule has 1 amide bonds. The first-order valence-corrected chi connectivity index (χ1v) is 10.5. The van der Waals surface area contributed by atoms with E-state index in [0.29, 0.717) is 11.3 Å². The van der Waals surface area contributed by atoms with Gasteiger partial charge in [-0.1, -0.05) is 29.3 Å². The Labute approximate surface area is 198 Å². The highest BCUT2D eigenvalue weighted by Crippen LogP contribution is 2.47. The number of amides is 1. The van der Waals surface area contributed by atoms with Crippen LogP contribution in [0.1, 0.15) is 22.9 Å². The summed E-state index contributed by atoms with van der Waals surface area (Å²) in [6.07, 6.45) is 4.61. The molecule has 4 rings (SSSR count). The summed E-state index contributed by atoms with van der Waals surface area (Å²) in [7, 11) is 2.73. The minimum atomic E-state index is -0.996. The van der Waals surface area contributed by atoms with E-state index in [1.54, 1.807) is 36.7 Å². The highest BCUT2D eigenvalue weighted by Gasteiger charge is 2.47. The smallest absolute Gasteiger partial charge is 0.296 e. The predicted molar refractivity (Wildman–Crippen MR) is 120 cm³/mol. The zero-order valence-electron chi connectivity index (χ0n) is 17.5. The SMILES string of the molecule is COc1c(Cl)cc(/C(O)=C2/C(=O)C(=O)N(Cc3cccnc3)C2c2ccco2)c(OC)c1Cl. The van der Waals surface area contributed by atoms with E-state index in [2.05, 4.69) is 4.98 Å². The van der Waals surface area contributed by atoms with Gasteiger partial charge in [0.05, 0.1) is 36.6 Å². The van der Waals surface area contributed by atoms with E-state index in [1.165, 1.54) is 31.4 Å². The third-order valence-corrected chi connectivity index (χ3v) is 5.85. The fourth-order valence-electron chi connectivity index (χ4n) is 3.77. The number of likely N-dealkylation sites (tertiary alicyclic amines) is 1. The number of aromatic nitrogens is 1. The average Bonchev–Trinajstić information content (AvgIpc) is 3.42. The quantitative estimate of drug-likeness (QED) is 0.306. The number of ketones is 1. The summed E-state index contributed by atoms with van der Waals surface area (Å²) in [6, 6.07) is 7.10. The second kappa shape index (κ2) is 9.17. The molecule has 1 unspecified atom stereocenters. The molecule has 2 aromatic heterocycles. The highest BCUT2D eigenvalue weighted by molar-refractivity contribution is 6.46. The number of methoxy groups -OCH3 is 2. The van der Waals surface area contributed by atoms with Gasteiger partial charge in [0.25, 0.3) is 11.7 Å². The van der Waals surface area contributed by atoms with Crippen molar-refractivity contribution in [2.24, 2.45) is 0 Å². The molecule has 10 heteroatoms. The maximum atomic E-state index is 13.1. The molecule has 1 aromatic carbocycles. The van der Waals surface area contributed by atoms with Crippen LogP contribution >= 0.6 is 23.2 Å². The first-order valence-electron chi connectivity index (χ1n) is 9.70. The van der Waals surface area contributed by atoms with Crippen LogP contribution in [0.4, 0.5) is 0 Å². The van der Waals surface area contributed by atoms with Crippen molar-refractivity contribution in [2.45, 2.75) is 12.6 Å². The van der Waals surface area contributed by atoms with Crippen LogP contribution in [0, 0.1) is 0 Å². The van der Waals surface area contributed by atoms with E-state index in [0.717, 1.165) is 0 Å². The summed E-state index contributed by atoms with van der Waals surface area (Å²) in [6.45, 7) is 0.0712. The number of furan rings is 1. The molecule has 3 heterocycles. The molecule has 170 valence electrons. The van der Waals surface area contributed by atoms with E-state index in [4.69, 9.17) is 37.1 Å². The second-order valence-electron chi connectivity index (χ2n) is 7.09. The fourth-order valence-corrected chi connectivity index (χ4v) is 4.45. The van der Waals surface area contributed by atoms with Crippen molar-refractivity contribution in [1.82, 2.24) is 9.88 Å². The zero-order chi connectivity index (χ0) is 23.7. The molecule has 0 aliphatic carbocycles. The van der Waals surface area contributed by atoms with Crippen molar-refractivity contribution < 1.29 is 28.6 Å². The Kier molecular flexibility index (Phi) is 6.31. The molecule has 0 radical (unpaired) electrons. The number of rotatable bonds is 6. The van der Waals surface area contributed by atoms with Gasteiger partial charge < -0.3 is 23.9 Å². The van der Waals surface area contributed by atoms with Crippen molar-refractivity contribution in [3.63, 3.8) is 0 Å². The van der Waals surface area contributed by atoms with Crippen molar-refractivity contribution in [3.05, 3.63) is 81.5 Å². The number of halogens is 2. The Balaban J connectivity index is 1.91. The van der Waals surface area contributed by atoms with E-state index in [-0.39, 0.29) is 39.2 Å². The molecular weight excluding hydrogens is 471 g/mol. The molecule has 8 nitrogen and oxygen atoms in total. The lowest BCUT2D eigenvalue weighted by molar-refractivity contribution is -0.140. The summed E-state index contributed by atoms with van der Waals surface area (Å²) < 4.78 is 16.1. The Morgan fingerprint density at radius 2 is 1.94 bits per heavy atom. The van der Waals surface area contributed by atoms with Crippen LogP contribution < -0.4 is 9.47 Å². The highest BCUT2D eigenvalue weighted by atomic mass is 35.5. The number of hydrogen-bond donors (Lipinski definition) is 1. The number of aliphatic hydroxyl groups is 1. The maximum absolute atomic E-state index is 13.1. The van der Waals surface area contributed by atoms with Crippen LogP contribution in [0.5, 0.6) is 11.5 Å². The van der Waals surface area contributed by atoms with Crippen molar-refractivity contribution in [1.29, 1.82) is 0 Å². The largest absolute Gasteiger partial charge is 0.507 e. The van der Waals surface area contributed by atoms with Crippen LogP contribution in [0.3, 0.4) is 0 Å². The van der Waals surface area contributed by atoms with Crippen LogP contribution in [0.25, 0.3) is 5.76 Å². The summed E-state index contributed by atoms with van der Waals surface area (Å²) in [5, 5.41) is 11.4. The fraction of sp³-hybridized carbons (Fsp3) is 0.174. The third kappa shape index (κ3) is 3.92. The number of benzene rings is 1. The van der Waals surface area contributed by atoms with Gasteiger partial charge in [0, 0.05) is 18.9 Å². The van der Waals surface area contributed by atoms with Gasteiger partial charge in [-0.2, -0.15) is 0 Å². The third-order valence-electron chi connectivity index (χ3n) is 5.22. The Morgan fingerprint density at radius 3 is 2.55 bits per heavy atom. The minimum absolute atomic E-state index is 0.00758. The summed E-state index contributed by atoms with van der Waals surface area (Å²) in [5.74, 6) is -1.72. The van der Waals surface area contributed by atoms with E-state index >= 15 is 0 Å². The Hall–Kier alpha value is -3.49. The molecule has 1 fully saturated rings. The standard InChI is InChI=1S/C23H18Cl2N2O6/c1-31-21-13(9-14(24)22(32-2)17(21)25)19(28)16-18(15-6-4-8-33-15)27(23(30)20(16)29)11-12-5-3-7-26-10-12/h3-10,18,28H,11H2,1-2H3/b19-16-. The van der Waals surface area contributed by atoms with Crippen LogP contribution in [0.2, 0.25) is 10.0 Å². The number of pyridine rings is 1. The molecule has 3 aromatic rings. The van der Waals surface area contributed by atoms with E-state index in [9.17, 15) is 14.7 Å². The number of Topliss-reactive ketones (excluding diaryl/α,β-unsaturated/α-hetero) is 1. The first kappa shape index (κ1) is 22.7. The lowest BCUT2D eigenvalue weighted by Gasteiger charge is -2.23. The lowest BCUT2D eigenvalue weighted by atomic mass is 9.98. The number of aliphatic hydroxyl groups excluding tert-OH is 1. The summed E-state index contributed by atoms with van der Waals surface area (Å²) in [5.41, 5.74) is 0.544. The molecule has 1 atom stereocenters. The second-order valence-corrected chi connectivity index (χ2v) is 7.88. The predicted octanol–water partition coefficient (Wildman–Crippen LogP) is 4.62. The van der Waals surface area contributed by atoms with Crippen molar-refractivity contribution in [3.8, 4) is 11.5 Å². The van der Waals surface area contributed by atoms with Crippen LogP contribution in [-0.2, 0) is 16.1 Å². The zero-order valence-corrected chi connectivity index (χ0v) is 19.1. The average molecular weight is 489 g/mol. The minimum Gasteiger partial charge on any atom is -0.507 e. The van der Waals surface area contributed by atoms with Gasteiger partial charge in [0.1, 0.15) is 22.6 Å². The van der Waals surface area contributed by atoms with E-state index in [1.807, 2.05) is 0 Å². The molecular formula is C23H18Cl2N2O6. The number of ether oxygens (including phenoxy) is 2. The molecule has 1 saturated heterocycles. The summed E-state index contributed by atoms with van der Waals surface area (Å²) >= 11 is 12.6. The molecule has 1 N–H and O–H groups in total. The van der Waals surface area contributed by atoms with Gasteiger partial charge in [-0.25, -0.2) is 0 Å². The molecule has 0 spiro atoms. The number of carbonyl (C=O) groups excluding carboxylic acids is 2. The van der Waals surface area contributed by atoms with E-state index < -0.39 is 23.5 Å². The molecule has 1 aliphatic heterocycles. The van der Waals surface area contributed by atoms with Crippen LogP contribution in [-0.4, -0.2) is 40.9 Å². The molecule has 1 aliphatic rings. The lowest BCUT2D eigenvalue weighted by Crippen LogP contribution is -2.29. The Bertz CT molecular complexity index is 1240. The van der Waals surface area contributed by atoms with Gasteiger partial charge in [0.15, 0.2) is 11.5 Å². The van der Waals surface area contributed by atoms with Crippen LogP contribution in [0.15, 0.2) is 59.0 Å². The molecule has 33 heavy (non-hydrogen) atoms. The number of hydrogen-bond acceptors (Lipinski definition) is 7. The van der Waals surface area contributed by atoms with Gasteiger partial charge in [0.2, 0.25) is 0 Å². The first-order chi connectivity index (χ1) is 15.9. The Morgan fingerprint density at radius 1 is 1.18 bits per heavy atom. The molecule has 0 bridgehead atoms. The van der Waals surface area contributed by atoms with Gasteiger partial charge in [-0.05, 0) is 29.8 Å². The van der Waals surface area contributed by atoms with Crippen molar-refractivity contribution in [2.75, 3.05) is 14.2 Å². The molecule has 0 saturated carbocycles. The topological polar surface area (TPSA) is 102 Å². The van der Waals surface area contributed by atoms with Gasteiger partial charge in [-0.15, -0.1) is 0 Å². The van der Waals surface area contributed by atoms with Crippen molar-refractivity contribution >= 4 is 40.7 Å².